The average Bonchev–Trinajstić information content (AvgIpc) is 3.30. The molecule has 0 atom stereocenters. The molecule has 0 saturated carbocycles. The third-order valence-electron chi connectivity index (χ3n) is 3.99. The fourth-order valence-corrected chi connectivity index (χ4v) is 3.75. The summed E-state index contributed by atoms with van der Waals surface area (Å²) in [5, 5.41) is 14.3. The van der Waals surface area contributed by atoms with E-state index in [-0.39, 0.29) is 0 Å². The van der Waals surface area contributed by atoms with E-state index >= 15 is 0 Å². The molecule has 0 aliphatic rings. The number of nitrogens with one attached hydrogen (secondary N) is 1. The molecule has 0 bridgehead atoms. The SMILES string of the molecule is c1ccc(-c2csc3ncnc(Nc4cccc5nonc45)c23)cc1. The quantitative estimate of drug-likeness (QED) is 0.513. The van der Waals surface area contributed by atoms with Crippen molar-refractivity contribution in [2.75, 3.05) is 5.32 Å². The highest BCUT2D eigenvalue weighted by Crippen LogP contribution is 2.37. The van der Waals surface area contributed by atoms with Crippen LogP contribution in [0.15, 0.2) is 64.9 Å². The van der Waals surface area contributed by atoms with E-state index in [9.17, 15) is 0 Å². The number of anilines is 2. The van der Waals surface area contributed by atoms with E-state index in [0.717, 1.165) is 32.8 Å². The fourth-order valence-electron chi connectivity index (χ4n) is 2.83. The summed E-state index contributed by atoms with van der Waals surface area (Å²) < 4.78 is 4.84. The minimum Gasteiger partial charge on any atom is -0.338 e. The van der Waals surface area contributed by atoms with Gasteiger partial charge < -0.3 is 5.32 Å². The second kappa shape index (κ2) is 5.64. The van der Waals surface area contributed by atoms with Gasteiger partial charge in [-0.2, -0.15) is 0 Å². The van der Waals surface area contributed by atoms with Crippen molar-refractivity contribution in [3.8, 4) is 11.1 Å². The highest BCUT2D eigenvalue weighted by atomic mass is 32.1. The van der Waals surface area contributed by atoms with Gasteiger partial charge in [0.25, 0.3) is 0 Å². The van der Waals surface area contributed by atoms with Crippen LogP contribution in [0.1, 0.15) is 0 Å². The summed E-state index contributed by atoms with van der Waals surface area (Å²) in [7, 11) is 0. The van der Waals surface area contributed by atoms with Gasteiger partial charge in [0.05, 0.1) is 11.1 Å². The zero-order valence-electron chi connectivity index (χ0n) is 12.9. The van der Waals surface area contributed by atoms with Gasteiger partial charge in [-0.15, -0.1) is 11.3 Å². The average molecular weight is 345 g/mol. The van der Waals surface area contributed by atoms with E-state index < -0.39 is 0 Å². The second-order valence-electron chi connectivity index (χ2n) is 5.48. The molecule has 6 nitrogen and oxygen atoms in total. The van der Waals surface area contributed by atoms with Crippen LogP contribution in [-0.2, 0) is 0 Å². The Balaban J connectivity index is 1.69. The molecule has 2 aromatic carbocycles. The Bertz CT molecular complexity index is 1180. The molecular formula is C18H11N5OS. The lowest BCUT2D eigenvalue weighted by molar-refractivity contribution is 0.315. The molecule has 0 aliphatic heterocycles. The molecule has 1 N–H and O–H groups in total. The molecule has 0 fully saturated rings. The molecule has 7 heteroatoms. The number of hydrogen-bond donors (Lipinski definition) is 1. The van der Waals surface area contributed by atoms with Crippen LogP contribution in [0.5, 0.6) is 0 Å². The third-order valence-corrected chi connectivity index (χ3v) is 4.88. The summed E-state index contributed by atoms with van der Waals surface area (Å²) in [5.74, 6) is 0.737. The molecule has 3 heterocycles. The minimum absolute atomic E-state index is 0.672. The predicted molar refractivity (Wildman–Crippen MR) is 97.9 cm³/mol. The molecule has 0 spiro atoms. The summed E-state index contributed by atoms with van der Waals surface area (Å²) in [6.07, 6.45) is 1.57. The van der Waals surface area contributed by atoms with Crippen LogP contribution in [0.3, 0.4) is 0 Å². The van der Waals surface area contributed by atoms with Gasteiger partial charge in [0.2, 0.25) is 0 Å². The number of benzene rings is 2. The van der Waals surface area contributed by atoms with Crippen LogP contribution >= 0.6 is 11.3 Å². The number of hydrogen-bond acceptors (Lipinski definition) is 7. The lowest BCUT2D eigenvalue weighted by atomic mass is 10.1. The monoisotopic (exact) mass is 345 g/mol. The zero-order valence-corrected chi connectivity index (χ0v) is 13.7. The van der Waals surface area contributed by atoms with Gasteiger partial charge in [0.15, 0.2) is 5.52 Å². The molecule has 0 amide bonds. The summed E-state index contributed by atoms with van der Waals surface area (Å²) in [6.45, 7) is 0. The number of rotatable bonds is 3. The summed E-state index contributed by atoms with van der Waals surface area (Å²) in [4.78, 5) is 9.79. The van der Waals surface area contributed by atoms with Crippen LogP contribution in [-0.4, -0.2) is 20.3 Å². The van der Waals surface area contributed by atoms with Gasteiger partial charge >= 0.3 is 0 Å². The van der Waals surface area contributed by atoms with Crippen LogP contribution in [0, 0.1) is 0 Å². The van der Waals surface area contributed by atoms with Gasteiger partial charge in [0.1, 0.15) is 22.5 Å². The standard InChI is InChI=1S/C18H11N5OS/c1-2-5-11(6-3-1)12-9-25-18-15(12)17(19-10-20-18)21-13-7-4-8-14-16(13)23-24-22-14/h1-10H,(H,19,20,21). The fraction of sp³-hybridized carbons (Fsp3) is 0. The van der Waals surface area contributed by atoms with Crippen LogP contribution in [0.4, 0.5) is 11.5 Å². The van der Waals surface area contributed by atoms with Crippen molar-refractivity contribution in [1.82, 2.24) is 20.3 Å². The second-order valence-corrected chi connectivity index (χ2v) is 6.34. The van der Waals surface area contributed by atoms with Crippen LogP contribution < -0.4 is 5.32 Å². The molecule has 5 rings (SSSR count). The zero-order chi connectivity index (χ0) is 16.6. The van der Waals surface area contributed by atoms with Gasteiger partial charge in [-0.05, 0) is 28.0 Å². The van der Waals surface area contributed by atoms with Crippen molar-refractivity contribution in [2.24, 2.45) is 0 Å². The topological polar surface area (TPSA) is 76.7 Å². The number of nitrogens with zero attached hydrogens (tertiary/aromatic N) is 4. The summed E-state index contributed by atoms with van der Waals surface area (Å²) >= 11 is 1.60. The predicted octanol–water partition coefficient (Wildman–Crippen LogP) is 4.64. The van der Waals surface area contributed by atoms with Crippen LogP contribution in [0.2, 0.25) is 0 Å². The Labute approximate surface area is 146 Å². The molecule has 120 valence electrons. The molecular weight excluding hydrogens is 334 g/mol. The molecule has 5 aromatic rings. The van der Waals surface area contributed by atoms with Crippen molar-refractivity contribution < 1.29 is 4.63 Å². The number of fused-ring (bicyclic) bond motifs is 2. The Kier molecular flexibility index (Phi) is 3.17. The van der Waals surface area contributed by atoms with Gasteiger partial charge in [0, 0.05) is 10.9 Å². The first-order chi connectivity index (χ1) is 12.4. The van der Waals surface area contributed by atoms with E-state index in [2.05, 4.69) is 43.1 Å². The van der Waals surface area contributed by atoms with E-state index in [1.54, 1.807) is 17.7 Å². The maximum atomic E-state index is 4.84. The Morgan fingerprint density at radius 1 is 0.920 bits per heavy atom. The first-order valence-corrected chi connectivity index (χ1v) is 8.54. The number of aromatic nitrogens is 4. The van der Waals surface area contributed by atoms with Crippen molar-refractivity contribution in [3.05, 3.63) is 60.2 Å². The van der Waals surface area contributed by atoms with Crippen molar-refractivity contribution in [1.29, 1.82) is 0 Å². The van der Waals surface area contributed by atoms with E-state index in [1.807, 2.05) is 36.4 Å². The molecule has 0 aliphatic carbocycles. The lowest BCUT2D eigenvalue weighted by Gasteiger charge is -2.08. The molecule has 0 saturated heterocycles. The molecule has 0 unspecified atom stereocenters. The minimum atomic E-state index is 0.672. The Morgan fingerprint density at radius 2 is 1.84 bits per heavy atom. The Morgan fingerprint density at radius 3 is 2.76 bits per heavy atom. The maximum Gasteiger partial charge on any atom is 0.158 e. The van der Waals surface area contributed by atoms with Gasteiger partial charge in [-0.25, -0.2) is 14.6 Å². The highest BCUT2D eigenvalue weighted by Gasteiger charge is 2.15. The van der Waals surface area contributed by atoms with Crippen molar-refractivity contribution in [2.45, 2.75) is 0 Å². The van der Waals surface area contributed by atoms with E-state index in [0.29, 0.717) is 11.0 Å². The van der Waals surface area contributed by atoms with E-state index in [1.165, 1.54) is 0 Å². The smallest absolute Gasteiger partial charge is 0.158 e. The Hall–Kier alpha value is -3.32. The number of thiophene rings is 1. The van der Waals surface area contributed by atoms with Crippen LogP contribution in [0.25, 0.3) is 32.4 Å². The highest BCUT2D eigenvalue weighted by molar-refractivity contribution is 7.17. The maximum absolute atomic E-state index is 4.84. The largest absolute Gasteiger partial charge is 0.338 e. The lowest BCUT2D eigenvalue weighted by Crippen LogP contribution is -1.96. The van der Waals surface area contributed by atoms with Crippen molar-refractivity contribution >= 4 is 44.1 Å². The molecule has 25 heavy (non-hydrogen) atoms. The molecule has 0 radical (unpaired) electrons. The summed E-state index contributed by atoms with van der Waals surface area (Å²) in [6, 6.07) is 15.9. The molecule has 3 aromatic heterocycles. The third kappa shape index (κ3) is 2.33. The van der Waals surface area contributed by atoms with E-state index in [4.69, 9.17) is 4.63 Å². The van der Waals surface area contributed by atoms with Gasteiger partial charge in [-0.3, -0.25) is 0 Å². The van der Waals surface area contributed by atoms with Crippen molar-refractivity contribution in [3.63, 3.8) is 0 Å². The summed E-state index contributed by atoms with van der Waals surface area (Å²) in [5.41, 5.74) is 4.40. The first-order valence-electron chi connectivity index (χ1n) is 7.66. The normalized spacial score (nSPS) is 11.2. The first kappa shape index (κ1) is 14.1. The van der Waals surface area contributed by atoms with Gasteiger partial charge in [-0.1, -0.05) is 36.4 Å².